The van der Waals surface area contributed by atoms with Gasteiger partial charge in [0.2, 0.25) is 10.0 Å². The van der Waals surface area contributed by atoms with Crippen LogP contribution in [0.4, 0.5) is 14.5 Å². The zero-order chi connectivity index (χ0) is 21.8. The fourth-order valence-corrected chi connectivity index (χ4v) is 5.56. The zero-order valence-corrected chi connectivity index (χ0v) is 17.1. The molecular formula is C21H19F2N3O3S. The second-order valence-corrected chi connectivity index (χ2v) is 9.74. The first-order valence-corrected chi connectivity index (χ1v) is 10.6. The summed E-state index contributed by atoms with van der Waals surface area (Å²) < 4.78 is 54.3. The second kappa shape index (κ2) is 6.66. The van der Waals surface area contributed by atoms with Crippen LogP contribution >= 0.6 is 0 Å². The summed E-state index contributed by atoms with van der Waals surface area (Å²) in [6.07, 6.45) is 5.99. The lowest BCUT2D eigenvalue weighted by molar-refractivity contribution is 0.547. The van der Waals surface area contributed by atoms with Crippen molar-refractivity contribution in [3.8, 4) is 0 Å². The van der Waals surface area contributed by atoms with E-state index in [-0.39, 0.29) is 23.2 Å². The first-order valence-electron chi connectivity index (χ1n) is 9.14. The quantitative estimate of drug-likeness (QED) is 0.620. The molecule has 1 unspecified atom stereocenters. The Kier molecular flexibility index (Phi) is 4.46. The maximum Gasteiger partial charge on any atom is 0.273 e. The van der Waals surface area contributed by atoms with Crippen LogP contribution in [0.5, 0.6) is 0 Å². The highest BCUT2D eigenvalue weighted by Crippen LogP contribution is 2.40. The van der Waals surface area contributed by atoms with Gasteiger partial charge in [0.25, 0.3) is 5.56 Å². The average molecular weight is 431 g/mol. The van der Waals surface area contributed by atoms with E-state index in [4.69, 9.17) is 5.73 Å². The number of anilines is 1. The predicted octanol–water partition coefficient (Wildman–Crippen LogP) is 3.56. The molecule has 1 aliphatic carbocycles. The number of benzene rings is 1. The normalized spacial score (nSPS) is 19.6. The third-order valence-electron chi connectivity index (χ3n) is 5.73. The molecule has 0 radical (unpaired) electrons. The van der Waals surface area contributed by atoms with Crippen LogP contribution in [0.2, 0.25) is 0 Å². The summed E-state index contributed by atoms with van der Waals surface area (Å²) in [7, 11) is -4.04. The molecule has 2 heterocycles. The summed E-state index contributed by atoms with van der Waals surface area (Å²) in [6, 6.07) is 4.99. The van der Waals surface area contributed by atoms with Crippen molar-refractivity contribution in [1.82, 2.24) is 8.96 Å². The van der Waals surface area contributed by atoms with Gasteiger partial charge in [0.1, 0.15) is 21.9 Å². The van der Waals surface area contributed by atoms with Crippen LogP contribution in [0.1, 0.15) is 25.8 Å². The van der Waals surface area contributed by atoms with E-state index in [9.17, 15) is 22.0 Å². The van der Waals surface area contributed by atoms with Gasteiger partial charge in [0.05, 0.1) is 5.69 Å². The number of aromatic amines is 1. The van der Waals surface area contributed by atoms with E-state index in [1.54, 1.807) is 38.1 Å². The Morgan fingerprint density at radius 1 is 1.23 bits per heavy atom. The highest BCUT2D eigenvalue weighted by atomic mass is 32.2. The first kappa shape index (κ1) is 20.1. The highest BCUT2D eigenvalue weighted by Gasteiger charge is 2.43. The number of nitrogens with one attached hydrogen (secondary N) is 1. The van der Waals surface area contributed by atoms with Crippen LogP contribution in [-0.4, -0.2) is 22.1 Å². The summed E-state index contributed by atoms with van der Waals surface area (Å²) in [5, 5.41) is 0.502. The predicted molar refractivity (Wildman–Crippen MR) is 112 cm³/mol. The monoisotopic (exact) mass is 431 g/mol. The van der Waals surface area contributed by atoms with E-state index in [1.807, 2.05) is 0 Å². The van der Waals surface area contributed by atoms with Crippen molar-refractivity contribution in [3.63, 3.8) is 0 Å². The number of aromatic nitrogens is 2. The number of nitrogens with two attached hydrogens (primary N) is 1. The number of nitrogens with zero attached hydrogens (tertiary/aromatic N) is 1. The Morgan fingerprint density at radius 3 is 2.67 bits per heavy atom. The second-order valence-electron chi connectivity index (χ2n) is 7.50. The molecule has 3 N–H and O–H groups in total. The number of pyridine rings is 1. The number of rotatable bonds is 3. The fourth-order valence-electron chi connectivity index (χ4n) is 3.72. The minimum absolute atomic E-state index is 0.0367. The van der Waals surface area contributed by atoms with Crippen molar-refractivity contribution in [2.45, 2.75) is 25.0 Å². The lowest BCUT2D eigenvalue weighted by atomic mass is 9.87. The number of halogens is 2. The van der Waals surface area contributed by atoms with Crippen molar-refractivity contribution in [2.24, 2.45) is 0 Å². The highest BCUT2D eigenvalue weighted by molar-refractivity contribution is 7.91. The molecule has 0 bridgehead atoms. The molecule has 4 rings (SSSR count). The average Bonchev–Trinajstić information content (AvgIpc) is 3.13. The third kappa shape index (κ3) is 2.80. The molecule has 0 saturated carbocycles. The van der Waals surface area contributed by atoms with Crippen LogP contribution in [0.3, 0.4) is 0 Å². The van der Waals surface area contributed by atoms with Gasteiger partial charge in [0.15, 0.2) is 0 Å². The molecule has 2 aromatic heterocycles. The van der Waals surface area contributed by atoms with Gasteiger partial charge in [-0.3, -0.25) is 4.79 Å². The van der Waals surface area contributed by atoms with Crippen molar-refractivity contribution in [2.75, 3.05) is 5.73 Å². The fraction of sp³-hybridized carbons (Fsp3) is 0.190. The molecule has 0 aliphatic heterocycles. The number of nitrogen functional groups attached to an aromatic ring is 1. The van der Waals surface area contributed by atoms with Gasteiger partial charge < -0.3 is 10.7 Å². The summed E-state index contributed by atoms with van der Waals surface area (Å²) in [4.78, 5) is 14.8. The lowest BCUT2D eigenvalue weighted by Crippen LogP contribution is -2.41. The molecule has 0 amide bonds. The van der Waals surface area contributed by atoms with E-state index >= 15 is 0 Å². The molecule has 0 spiro atoms. The van der Waals surface area contributed by atoms with Gasteiger partial charge in [0, 0.05) is 29.4 Å². The lowest BCUT2D eigenvalue weighted by Gasteiger charge is -2.33. The summed E-state index contributed by atoms with van der Waals surface area (Å²) in [5.74, 6) is -1.65. The van der Waals surface area contributed by atoms with E-state index < -0.39 is 32.0 Å². The SMILES string of the molecule is CC1=CC(c2cc(F)cc(F)c2N)=CCC1(C)S(=O)(=O)n1ccc2cc[nH]c(=O)c21. The van der Waals surface area contributed by atoms with E-state index in [2.05, 4.69) is 4.98 Å². The van der Waals surface area contributed by atoms with Crippen LogP contribution in [0.15, 0.2) is 59.2 Å². The maximum atomic E-state index is 13.9. The van der Waals surface area contributed by atoms with Crippen LogP contribution in [0.25, 0.3) is 16.5 Å². The Labute approximate surface area is 171 Å². The summed E-state index contributed by atoms with van der Waals surface area (Å²) >= 11 is 0. The molecular weight excluding hydrogens is 412 g/mol. The number of hydrogen-bond acceptors (Lipinski definition) is 4. The number of allylic oxidation sites excluding steroid dienone is 3. The Balaban J connectivity index is 1.82. The van der Waals surface area contributed by atoms with Crippen LogP contribution in [0, 0.1) is 11.6 Å². The molecule has 156 valence electrons. The van der Waals surface area contributed by atoms with E-state index in [1.165, 1.54) is 12.4 Å². The molecule has 30 heavy (non-hydrogen) atoms. The van der Waals surface area contributed by atoms with E-state index in [0.29, 0.717) is 22.6 Å². The number of H-pyrrole nitrogens is 1. The maximum absolute atomic E-state index is 13.9. The van der Waals surface area contributed by atoms with Gasteiger partial charge in [-0.1, -0.05) is 12.2 Å². The van der Waals surface area contributed by atoms with Gasteiger partial charge in [-0.25, -0.2) is 21.2 Å². The zero-order valence-electron chi connectivity index (χ0n) is 16.2. The minimum Gasteiger partial charge on any atom is -0.396 e. The summed E-state index contributed by atoms with van der Waals surface area (Å²) in [5.41, 5.74) is 6.14. The molecule has 6 nitrogen and oxygen atoms in total. The third-order valence-corrected chi connectivity index (χ3v) is 8.18. The Bertz CT molecular complexity index is 1420. The van der Waals surface area contributed by atoms with Crippen LogP contribution in [-0.2, 0) is 10.0 Å². The van der Waals surface area contributed by atoms with Gasteiger partial charge in [-0.2, -0.15) is 0 Å². The molecule has 0 fully saturated rings. The van der Waals surface area contributed by atoms with E-state index in [0.717, 1.165) is 10.0 Å². The topological polar surface area (TPSA) is 97.9 Å². The van der Waals surface area contributed by atoms with Gasteiger partial charge >= 0.3 is 0 Å². The Hall–Kier alpha value is -3.20. The summed E-state index contributed by atoms with van der Waals surface area (Å²) in [6.45, 7) is 3.19. The molecule has 1 aliphatic rings. The molecule has 9 heteroatoms. The van der Waals surface area contributed by atoms with Crippen molar-refractivity contribution in [3.05, 3.63) is 81.9 Å². The van der Waals surface area contributed by atoms with Gasteiger partial charge in [-0.15, -0.1) is 0 Å². The standard InChI is InChI=1S/C21H19F2N3O3S/c1-12-9-14(16-10-15(22)11-17(23)18(16)24)3-6-21(12,2)30(28,29)26-8-5-13-4-7-25-20(27)19(13)26/h3-5,7-11H,6,24H2,1-2H3,(H,25,27). The minimum atomic E-state index is -4.04. The number of fused-ring (bicyclic) bond motifs is 1. The van der Waals surface area contributed by atoms with Crippen LogP contribution < -0.4 is 11.3 Å². The van der Waals surface area contributed by atoms with Crippen molar-refractivity contribution in [1.29, 1.82) is 0 Å². The first-order chi connectivity index (χ1) is 14.1. The largest absolute Gasteiger partial charge is 0.396 e. The Morgan fingerprint density at radius 2 is 1.97 bits per heavy atom. The molecule has 1 atom stereocenters. The van der Waals surface area contributed by atoms with Crippen molar-refractivity contribution >= 4 is 32.2 Å². The molecule has 3 aromatic rings. The van der Waals surface area contributed by atoms with Gasteiger partial charge in [-0.05, 0) is 49.6 Å². The molecule has 1 aromatic carbocycles. The van der Waals surface area contributed by atoms with Crippen molar-refractivity contribution < 1.29 is 17.2 Å². The smallest absolute Gasteiger partial charge is 0.273 e. The molecule has 0 saturated heterocycles. The number of hydrogen-bond donors (Lipinski definition) is 2.